The lowest BCUT2D eigenvalue weighted by Gasteiger charge is -2.34. The summed E-state index contributed by atoms with van der Waals surface area (Å²) >= 11 is -0.132. The molecule has 1 amide bonds. The van der Waals surface area contributed by atoms with Crippen LogP contribution >= 0.6 is 11.8 Å². The highest BCUT2D eigenvalue weighted by Crippen LogP contribution is 2.37. The number of hydrogen-bond donors (Lipinski definition) is 1. The van der Waals surface area contributed by atoms with Crippen LogP contribution in [0.4, 0.5) is 23.7 Å². The summed E-state index contributed by atoms with van der Waals surface area (Å²) in [6.45, 7) is 6.63. The van der Waals surface area contributed by atoms with E-state index < -0.39 is 11.1 Å². The van der Waals surface area contributed by atoms with E-state index in [4.69, 9.17) is 4.74 Å². The lowest BCUT2D eigenvalue weighted by molar-refractivity contribution is -0.0328. The summed E-state index contributed by atoms with van der Waals surface area (Å²) in [5.74, 6) is 0. The van der Waals surface area contributed by atoms with Crippen LogP contribution in [0.1, 0.15) is 33.6 Å². The molecule has 140 valence electrons. The topological polar surface area (TPSA) is 41.6 Å². The van der Waals surface area contributed by atoms with E-state index in [2.05, 4.69) is 5.32 Å². The second kappa shape index (κ2) is 7.76. The first-order chi connectivity index (χ1) is 11.5. The lowest BCUT2D eigenvalue weighted by atomic mass is 10.1. The normalized spacial score (nSPS) is 18.8. The molecule has 0 radical (unpaired) electrons. The Labute approximate surface area is 150 Å². The molecule has 1 heterocycles. The van der Waals surface area contributed by atoms with Crippen molar-refractivity contribution in [3.63, 3.8) is 0 Å². The molecule has 2 rings (SSSR count). The van der Waals surface area contributed by atoms with Gasteiger partial charge in [-0.3, -0.25) is 0 Å². The number of nitrogens with one attached hydrogen (secondary N) is 1. The number of amides is 1. The number of thioether (sulfide) groups is 1. The molecule has 1 saturated heterocycles. The summed E-state index contributed by atoms with van der Waals surface area (Å²) in [5.41, 5.74) is -4.09. The van der Waals surface area contributed by atoms with Crippen molar-refractivity contribution in [2.24, 2.45) is 0 Å². The van der Waals surface area contributed by atoms with Crippen molar-refractivity contribution in [1.29, 1.82) is 0 Å². The van der Waals surface area contributed by atoms with Gasteiger partial charge in [0.2, 0.25) is 0 Å². The number of nitrogens with zero attached hydrogens (tertiary/aromatic N) is 1. The highest BCUT2D eigenvalue weighted by atomic mass is 32.2. The molecule has 0 bridgehead atoms. The molecule has 1 atom stereocenters. The van der Waals surface area contributed by atoms with Crippen LogP contribution in [-0.4, -0.2) is 41.2 Å². The van der Waals surface area contributed by atoms with E-state index in [1.165, 1.54) is 12.1 Å². The number of rotatable bonds is 3. The van der Waals surface area contributed by atoms with Gasteiger partial charge in [0.1, 0.15) is 5.60 Å². The van der Waals surface area contributed by atoms with Crippen molar-refractivity contribution in [1.82, 2.24) is 4.90 Å². The van der Waals surface area contributed by atoms with Crippen LogP contribution in [0.5, 0.6) is 0 Å². The maximum absolute atomic E-state index is 12.3. The van der Waals surface area contributed by atoms with E-state index >= 15 is 0 Å². The third kappa shape index (κ3) is 7.05. The first kappa shape index (κ1) is 19.8. The summed E-state index contributed by atoms with van der Waals surface area (Å²) in [5, 5.41) is 3.28. The van der Waals surface area contributed by atoms with Crippen molar-refractivity contribution in [2.75, 3.05) is 18.4 Å². The predicted molar refractivity (Wildman–Crippen MR) is 92.8 cm³/mol. The Balaban J connectivity index is 1.91. The third-order valence-corrected chi connectivity index (χ3v) is 4.27. The molecule has 0 spiro atoms. The Bertz CT molecular complexity index is 585. The maximum Gasteiger partial charge on any atom is 0.446 e. The predicted octanol–water partition coefficient (Wildman–Crippen LogP) is 5.11. The number of carbonyl (C=O) groups excluding carboxylic acids is 1. The highest BCUT2D eigenvalue weighted by Gasteiger charge is 2.29. The summed E-state index contributed by atoms with van der Waals surface area (Å²) < 4.78 is 42.4. The van der Waals surface area contributed by atoms with Gasteiger partial charge >= 0.3 is 11.6 Å². The van der Waals surface area contributed by atoms with Gasteiger partial charge in [-0.25, -0.2) is 4.79 Å². The number of ether oxygens (including phenoxy) is 1. The molecule has 1 aromatic rings. The smallest absolute Gasteiger partial charge is 0.444 e. The van der Waals surface area contributed by atoms with Crippen molar-refractivity contribution in [3.8, 4) is 0 Å². The van der Waals surface area contributed by atoms with Gasteiger partial charge in [-0.2, -0.15) is 13.2 Å². The Kier molecular flexibility index (Phi) is 6.13. The number of halogens is 3. The third-order valence-electron chi connectivity index (χ3n) is 3.53. The number of alkyl halides is 3. The Morgan fingerprint density at radius 1 is 1.24 bits per heavy atom. The molecule has 1 aliphatic heterocycles. The van der Waals surface area contributed by atoms with Gasteiger partial charge in [-0.1, -0.05) is 0 Å². The molecule has 0 aliphatic carbocycles. The molecule has 0 aromatic heterocycles. The molecule has 4 nitrogen and oxygen atoms in total. The van der Waals surface area contributed by atoms with E-state index in [1.54, 1.807) is 17.0 Å². The maximum atomic E-state index is 12.3. The molecule has 1 unspecified atom stereocenters. The van der Waals surface area contributed by atoms with Gasteiger partial charge in [0.05, 0.1) is 0 Å². The molecule has 0 saturated carbocycles. The summed E-state index contributed by atoms with van der Waals surface area (Å²) in [6.07, 6.45) is 1.40. The van der Waals surface area contributed by atoms with Crippen LogP contribution in [0, 0.1) is 0 Å². The minimum Gasteiger partial charge on any atom is -0.444 e. The SMILES string of the molecule is CC(C)(C)OC(=O)N1CCCC(Nc2ccc(SC(F)(F)F)cc2)C1. The van der Waals surface area contributed by atoms with E-state index in [1.807, 2.05) is 20.8 Å². The van der Waals surface area contributed by atoms with Crippen molar-refractivity contribution in [3.05, 3.63) is 24.3 Å². The van der Waals surface area contributed by atoms with Crippen molar-refractivity contribution in [2.45, 2.75) is 55.7 Å². The first-order valence-electron chi connectivity index (χ1n) is 8.12. The molecular weight excluding hydrogens is 353 g/mol. The number of likely N-dealkylation sites (tertiary alicyclic amines) is 1. The van der Waals surface area contributed by atoms with Crippen LogP contribution < -0.4 is 5.32 Å². The molecule has 1 aromatic carbocycles. The van der Waals surface area contributed by atoms with E-state index in [0.717, 1.165) is 18.5 Å². The number of carbonyl (C=O) groups is 1. The second-order valence-corrected chi connectivity index (χ2v) is 8.12. The quantitative estimate of drug-likeness (QED) is 0.745. The molecule has 1 aliphatic rings. The minimum atomic E-state index is -4.29. The van der Waals surface area contributed by atoms with E-state index in [-0.39, 0.29) is 28.8 Å². The molecule has 25 heavy (non-hydrogen) atoms. The number of hydrogen-bond acceptors (Lipinski definition) is 4. The fraction of sp³-hybridized carbons (Fsp3) is 0.588. The van der Waals surface area contributed by atoms with Gasteiger partial charge in [0.25, 0.3) is 0 Å². The number of piperidine rings is 1. The summed E-state index contributed by atoms with van der Waals surface area (Å²) in [4.78, 5) is 14.0. The van der Waals surface area contributed by atoms with Crippen LogP contribution in [0.25, 0.3) is 0 Å². The van der Waals surface area contributed by atoms with E-state index in [9.17, 15) is 18.0 Å². The van der Waals surface area contributed by atoms with Gasteiger partial charge in [0, 0.05) is 29.7 Å². The van der Waals surface area contributed by atoms with Crippen LogP contribution in [-0.2, 0) is 4.74 Å². The Morgan fingerprint density at radius 3 is 2.44 bits per heavy atom. The summed E-state index contributed by atoms with van der Waals surface area (Å²) in [7, 11) is 0. The fourth-order valence-corrected chi connectivity index (χ4v) is 3.12. The number of benzene rings is 1. The van der Waals surface area contributed by atoms with Gasteiger partial charge in [0.15, 0.2) is 0 Å². The standard InChI is InChI=1S/C17H23F3N2O2S/c1-16(2,3)24-15(23)22-10-4-5-13(11-22)21-12-6-8-14(9-7-12)25-17(18,19)20/h6-9,13,21H,4-5,10-11H2,1-3H3. The largest absolute Gasteiger partial charge is 0.446 e. The minimum absolute atomic E-state index is 0.0439. The zero-order valence-electron chi connectivity index (χ0n) is 14.5. The van der Waals surface area contributed by atoms with Crippen LogP contribution in [0.3, 0.4) is 0 Å². The van der Waals surface area contributed by atoms with E-state index in [0.29, 0.717) is 13.1 Å². The Morgan fingerprint density at radius 2 is 1.88 bits per heavy atom. The molecule has 8 heteroatoms. The average molecular weight is 376 g/mol. The zero-order chi connectivity index (χ0) is 18.7. The van der Waals surface area contributed by atoms with Crippen molar-refractivity contribution < 1.29 is 22.7 Å². The fourth-order valence-electron chi connectivity index (χ4n) is 2.58. The first-order valence-corrected chi connectivity index (χ1v) is 8.94. The summed E-state index contributed by atoms with van der Waals surface area (Å²) in [6, 6.07) is 6.17. The monoisotopic (exact) mass is 376 g/mol. The highest BCUT2D eigenvalue weighted by molar-refractivity contribution is 8.00. The average Bonchev–Trinajstić information content (AvgIpc) is 2.46. The lowest BCUT2D eigenvalue weighted by Crippen LogP contribution is -2.46. The molecular formula is C17H23F3N2O2S. The van der Waals surface area contributed by atoms with Gasteiger partial charge in [-0.15, -0.1) is 0 Å². The van der Waals surface area contributed by atoms with Crippen LogP contribution in [0.15, 0.2) is 29.2 Å². The zero-order valence-corrected chi connectivity index (χ0v) is 15.3. The van der Waals surface area contributed by atoms with Crippen molar-refractivity contribution >= 4 is 23.5 Å². The van der Waals surface area contributed by atoms with Crippen LogP contribution in [0.2, 0.25) is 0 Å². The molecule has 1 fully saturated rings. The number of anilines is 1. The second-order valence-electron chi connectivity index (χ2n) is 6.98. The van der Waals surface area contributed by atoms with Gasteiger partial charge < -0.3 is 15.0 Å². The molecule has 1 N–H and O–H groups in total. The Hall–Kier alpha value is -1.57. The van der Waals surface area contributed by atoms with Gasteiger partial charge in [-0.05, 0) is 69.6 Å².